The van der Waals surface area contributed by atoms with Gasteiger partial charge < -0.3 is 10.6 Å². The molecule has 150 valence electrons. The van der Waals surface area contributed by atoms with Crippen LogP contribution in [0.4, 0.5) is 0 Å². The summed E-state index contributed by atoms with van der Waals surface area (Å²) in [7, 11) is 0. The van der Waals surface area contributed by atoms with E-state index >= 15 is 0 Å². The third-order valence-corrected chi connectivity index (χ3v) is 5.55. The van der Waals surface area contributed by atoms with Crippen LogP contribution in [0.2, 0.25) is 0 Å². The summed E-state index contributed by atoms with van der Waals surface area (Å²) in [5, 5.41) is 6.08. The van der Waals surface area contributed by atoms with Crippen molar-refractivity contribution >= 4 is 17.3 Å². The van der Waals surface area contributed by atoms with Crippen LogP contribution in [0.1, 0.15) is 71.7 Å². The van der Waals surface area contributed by atoms with Gasteiger partial charge in [0.2, 0.25) is 5.82 Å². The Bertz CT molecular complexity index is 1010. The highest BCUT2D eigenvalue weighted by Gasteiger charge is 2.24. The molecule has 2 N–H and O–H groups in total. The number of carbonyl (C=O) groups is 2. The number of amides is 2. The molecule has 1 saturated carbocycles. The lowest BCUT2D eigenvalue weighted by Crippen LogP contribution is -2.36. The standard InChI is InChI=1S/C23H26N4O2/c1-16(17-10-4-2-5-11-17)24-23(29)21-26-20(19-14-8-9-15-27(19)21)22(28)25-18-12-6-3-7-13-18/h2,4-5,8-11,14-16,18H,3,6-7,12-13H2,1H3,(H,24,29)(H,25,28). The van der Waals surface area contributed by atoms with Gasteiger partial charge in [-0.15, -0.1) is 0 Å². The zero-order valence-corrected chi connectivity index (χ0v) is 16.6. The summed E-state index contributed by atoms with van der Waals surface area (Å²) in [4.78, 5) is 30.3. The zero-order valence-electron chi connectivity index (χ0n) is 16.6. The van der Waals surface area contributed by atoms with Crippen LogP contribution in [0.5, 0.6) is 0 Å². The van der Waals surface area contributed by atoms with Crippen LogP contribution < -0.4 is 10.6 Å². The minimum atomic E-state index is -0.306. The Morgan fingerprint density at radius 2 is 1.72 bits per heavy atom. The number of aromatic nitrogens is 2. The minimum absolute atomic E-state index is 0.167. The van der Waals surface area contributed by atoms with Crippen molar-refractivity contribution in [3.05, 3.63) is 71.8 Å². The molecule has 2 aromatic heterocycles. The molecule has 1 aliphatic carbocycles. The lowest BCUT2D eigenvalue weighted by molar-refractivity contribution is 0.0924. The largest absolute Gasteiger partial charge is 0.348 e. The van der Waals surface area contributed by atoms with E-state index < -0.39 is 0 Å². The van der Waals surface area contributed by atoms with Crippen molar-refractivity contribution in [2.45, 2.75) is 51.1 Å². The van der Waals surface area contributed by atoms with Gasteiger partial charge in [0.25, 0.3) is 11.8 Å². The Morgan fingerprint density at radius 3 is 2.48 bits per heavy atom. The fraction of sp³-hybridized carbons (Fsp3) is 0.348. The molecular weight excluding hydrogens is 364 g/mol. The number of carbonyl (C=O) groups excluding carboxylic acids is 2. The van der Waals surface area contributed by atoms with Crippen LogP contribution in [0.3, 0.4) is 0 Å². The molecule has 2 heterocycles. The number of imidazole rings is 1. The fourth-order valence-electron chi connectivity index (χ4n) is 3.95. The maximum absolute atomic E-state index is 12.9. The predicted octanol–water partition coefficient (Wildman–Crippen LogP) is 3.89. The van der Waals surface area contributed by atoms with Crippen LogP contribution >= 0.6 is 0 Å². The van der Waals surface area contributed by atoms with Gasteiger partial charge in [-0.3, -0.25) is 14.0 Å². The quantitative estimate of drug-likeness (QED) is 0.694. The first-order valence-electron chi connectivity index (χ1n) is 10.3. The second-order valence-electron chi connectivity index (χ2n) is 7.65. The Kier molecular flexibility index (Phi) is 5.60. The van der Waals surface area contributed by atoms with Crippen molar-refractivity contribution in [3.8, 4) is 0 Å². The van der Waals surface area contributed by atoms with Crippen LogP contribution in [0.15, 0.2) is 54.7 Å². The van der Waals surface area contributed by atoms with Gasteiger partial charge in [0.1, 0.15) is 0 Å². The summed E-state index contributed by atoms with van der Waals surface area (Å²) in [5.74, 6) is -0.299. The normalized spacial score (nSPS) is 15.8. The van der Waals surface area contributed by atoms with E-state index in [0.29, 0.717) is 11.2 Å². The van der Waals surface area contributed by atoms with Crippen molar-refractivity contribution in [3.63, 3.8) is 0 Å². The smallest absolute Gasteiger partial charge is 0.288 e. The molecule has 2 amide bonds. The molecule has 0 spiro atoms. The summed E-state index contributed by atoms with van der Waals surface area (Å²) in [6.45, 7) is 1.93. The summed E-state index contributed by atoms with van der Waals surface area (Å²) in [6.07, 6.45) is 7.27. The van der Waals surface area contributed by atoms with E-state index in [-0.39, 0.29) is 29.7 Å². The van der Waals surface area contributed by atoms with E-state index in [4.69, 9.17) is 0 Å². The Morgan fingerprint density at radius 1 is 1.00 bits per heavy atom. The molecule has 4 rings (SSSR count). The molecule has 1 aliphatic rings. The summed E-state index contributed by atoms with van der Waals surface area (Å²) in [6, 6.07) is 15.3. The van der Waals surface area contributed by atoms with Crippen LogP contribution in [-0.4, -0.2) is 27.2 Å². The summed E-state index contributed by atoms with van der Waals surface area (Å²) in [5.41, 5.74) is 1.95. The number of hydrogen-bond donors (Lipinski definition) is 2. The van der Waals surface area contributed by atoms with Crippen LogP contribution in [0, 0.1) is 0 Å². The molecule has 6 heteroatoms. The third-order valence-electron chi connectivity index (χ3n) is 5.55. The molecule has 0 saturated heterocycles. The van der Waals surface area contributed by atoms with E-state index in [1.54, 1.807) is 10.6 Å². The van der Waals surface area contributed by atoms with E-state index in [1.807, 2.05) is 55.5 Å². The SMILES string of the molecule is CC(NC(=O)c1nc(C(=O)NC2CCCCC2)c2ccccn12)c1ccccc1. The maximum Gasteiger partial charge on any atom is 0.288 e. The summed E-state index contributed by atoms with van der Waals surface area (Å²) < 4.78 is 1.68. The molecule has 0 bridgehead atoms. The van der Waals surface area contributed by atoms with Gasteiger partial charge in [-0.05, 0) is 37.5 Å². The highest BCUT2D eigenvalue weighted by Crippen LogP contribution is 2.20. The second-order valence-corrected chi connectivity index (χ2v) is 7.65. The van der Waals surface area contributed by atoms with Crippen LogP contribution in [0.25, 0.3) is 5.52 Å². The van der Waals surface area contributed by atoms with Gasteiger partial charge in [-0.1, -0.05) is 55.7 Å². The Labute approximate surface area is 170 Å². The highest BCUT2D eigenvalue weighted by molar-refractivity contribution is 6.02. The van der Waals surface area contributed by atoms with Gasteiger partial charge in [-0.25, -0.2) is 4.98 Å². The van der Waals surface area contributed by atoms with Gasteiger partial charge in [0, 0.05) is 12.2 Å². The minimum Gasteiger partial charge on any atom is -0.348 e. The number of rotatable bonds is 5. The fourth-order valence-corrected chi connectivity index (χ4v) is 3.95. The van der Waals surface area contributed by atoms with Crippen molar-refractivity contribution in [1.82, 2.24) is 20.0 Å². The zero-order chi connectivity index (χ0) is 20.2. The number of hydrogen-bond acceptors (Lipinski definition) is 3. The Balaban J connectivity index is 1.58. The van der Waals surface area contributed by atoms with E-state index in [2.05, 4.69) is 15.6 Å². The molecule has 3 aromatic rings. The molecular formula is C23H26N4O2. The van der Waals surface area contributed by atoms with Gasteiger partial charge in [0.05, 0.1) is 11.6 Å². The molecule has 29 heavy (non-hydrogen) atoms. The molecule has 1 fully saturated rings. The third kappa shape index (κ3) is 4.16. The topological polar surface area (TPSA) is 75.5 Å². The first kappa shape index (κ1) is 19.2. The molecule has 1 atom stereocenters. The number of pyridine rings is 1. The number of fused-ring (bicyclic) bond motifs is 1. The summed E-state index contributed by atoms with van der Waals surface area (Å²) >= 11 is 0. The van der Waals surface area contributed by atoms with E-state index in [0.717, 1.165) is 31.2 Å². The highest BCUT2D eigenvalue weighted by atomic mass is 16.2. The average molecular weight is 390 g/mol. The van der Waals surface area contributed by atoms with Crippen molar-refractivity contribution in [2.75, 3.05) is 0 Å². The maximum atomic E-state index is 12.9. The first-order chi connectivity index (χ1) is 14.1. The lowest BCUT2D eigenvalue weighted by Gasteiger charge is -2.22. The molecule has 1 aromatic carbocycles. The number of nitrogens with zero attached hydrogens (tertiary/aromatic N) is 2. The molecule has 0 aliphatic heterocycles. The van der Waals surface area contributed by atoms with E-state index in [9.17, 15) is 9.59 Å². The lowest BCUT2D eigenvalue weighted by atomic mass is 9.95. The number of nitrogens with one attached hydrogen (secondary N) is 2. The number of benzene rings is 1. The van der Waals surface area contributed by atoms with Crippen molar-refractivity contribution < 1.29 is 9.59 Å². The Hall–Kier alpha value is -3.15. The average Bonchev–Trinajstić information content (AvgIpc) is 3.15. The molecule has 1 unspecified atom stereocenters. The monoisotopic (exact) mass is 390 g/mol. The van der Waals surface area contributed by atoms with E-state index in [1.165, 1.54) is 6.42 Å². The molecule has 0 radical (unpaired) electrons. The first-order valence-corrected chi connectivity index (χ1v) is 10.3. The second kappa shape index (κ2) is 8.47. The van der Waals surface area contributed by atoms with Crippen LogP contribution in [-0.2, 0) is 0 Å². The van der Waals surface area contributed by atoms with Crippen molar-refractivity contribution in [2.24, 2.45) is 0 Å². The predicted molar refractivity (Wildman–Crippen MR) is 112 cm³/mol. The molecule has 6 nitrogen and oxygen atoms in total. The van der Waals surface area contributed by atoms with Gasteiger partial charge in [-0.2, -0.15) is 0 Å². The van der Waals surface area contributed by atoms with Gasteiger partial charge in [0.15, 0.2) is 5.69 Å². The van der Waals surface area contributed by atoms with Gasteiger partial charge >= 0.3 is 0 Å². The van der Waals surface area contributed by atoms with Crippen molar-refractivity contribution in [1.29, 1.82) is 0 Å².